The number of piperidine rings is 1. The number of amides is 1. The normalized spacial score (nSPS) is 16.0. The number of pyridine rings is 1. The van der Waals surface area contributed by atoms with Gasteiger partial charge in [0.05, 0.1) is 11.9 Å². The highest BCUT2D eigenvalue weighted by Crippen LogP contribution is 2.27. The second-order valence-corrected chi connectivity index (χ2v) is 7.97. The van der Waals surface area contributed by atoms with Crippen molar-refractivity contribution in [2.24, 2.45) is 0 Å². The van der Waals surface area contributed by atoms with Crippen molar-refractivity contribution in [3.05, 3.63) is 71.6 Å². The van der Waals surface area contributed by atoms with Crippen LogP contribution in [0.4, 0.5) is 16.0 Å². The number of likely N-dealkylation sites (tertiary alicyclic amines) is 1. The number of nitrogens with one attached hydrogen (secondary N) is 1. The van der Waals surface area contributed by atoms with E-state index in [4.69, 9.17) is 4.74 Å². The predicted molar refractivity (Wildman–Crippen MR) is 119 cm³/mol. The molecule has 3 aromatic rings. The monoisotopic (exact) mass is 435 g/mol. The number of nitrogens with zero attached hydrogens (tertiary/aromatic N) is 4. The summed E-state index contributed by atoms with van der Waals surface area (Å²) in [7, 11) is 0. The molecule has 0 radical (unpaired) electrons. The van der Waals surface area contributed by atoms with Crippen molar-refractivity contribution >= 4 is 17.5 Å². The molecule has 1 atom stereocenters. The van der Waals surface area contributed by atoms with Crippen LogP contribution in [0.15, 0.2) is 48.7 Å². The number of para-hydroxylation sites is 1. The Morgan fingerprint density at radius 3 is 2.69 bits per heavy atom. The zero-order chi connectivity index (χ0) is 22.5. The SMILES string of the molecule is Cc1cc(C)nc(Nc2ccc([C@@H]3CCCN(C(=O)COc4ccccc4F)C3)nc2)n1. The van der Waals surface area contributed by atoms with Gasteiger partial charge in [-0.25, -0.2) is 14.4 Å². The summed E-state index contributed by atoms with van der Waals surface area (Å²) in [6.45, 7) is 4.91. The summed E-state index contributed by atoms with van der Waals surface area (Å²) in [5.74, 6) is 0.158. The van der Waals surface area contributed by atoms with Gasteiger partial charge in [0.25, 0.3) is 5.91 Å². The number of carbonyl (C=O) groups excluding carboxylic acids is 1. The molecule has 166 valence electrons. The van der Waals surface area contributed by atoms with Crippen LogP contribution >= 0.6 is 0 Å². The minimum atomic E-state index is -0.471. The fourth-order valence-electron chi connectivity index (χ4n) is 3.87. The molecule has 32 heavy (non-hydrogen) atoms. The third kappa shape index (κ3) is 5.38. The summed E-state index contributed by atoms with van der Waals surface area (Å²) >= 11 is 0. The molecule has 0 saturated carbocycles. The molecular formula is C24H26FN5O2. The van der Waals surface area contributed by atoms with Crippen LogP contribution < -0.4 is 10.1 Å². The summed E-state index contributed by atoms with van der Waals surface area (Å²) in [5.41, 5.74) is 3.54. The molecule has 4 rings (SSSR count). The van der Waals surface area contributed by atoms with Crippen LogP contribution in [0.25, 0.3) is 0 Å². The van der Waals surface area contributed by atoms with E-state index in [9.17, 15) is 9.18 Å². The first-order valence-corrected chi connectivity index (χ1v) is 10.7. The number of hydrogen-bond donors (Lipinski definition) is 1. The van der Waals surface area contributed by atoms with Crippen LogP contribution in [0.5, 0.6) is 5.75 Å². The lowest BCUT2D eigenvalue weighted by molar-refractivity contribution is -0.134. The number of ether oxygens (including phenoxy) is 1. The Hall–Kier alpha value is -3.55. The molecule has 0 spiro atoms. The number of halogens is 1. The van der Waals surface area contributed by atoms with Crippen molar-refractivity contribution in [3.63, 3.8) is 0 Å². The fourth-order valence-corrected chi connectivity index (χ4v) is 3.87. The molecule has 1 amide bonds. The van der Waals surface area contributed by atoms with Crippen molar-refractivity contribution in [3.8, 4) is 5.75 Å². The predicted octanol–water partition coefficient (Wildman–Crippen LogP) is 4.16. The van der Waals surface area contributed by atoms with E-state index in [1.54, 1.807) is 23.2 Å². The molecule has 7 nitrogen and oxygen atoms in total. The zero-order valence-corrected chi connectivity index (χ0v) is 18.2. The molecule has 8 heteroatoms. The van der Waals surface area contributed by atoms with Gasteiger partial charge < -0.3 is 15.0 Å². The highest BCUT2D eigenvalue weighted by Gasteiger charge is 2.26. The fraction of sp³-hybridized carbons (Fsp3) is 0.333. The van der Waals surface area contributed by atoms with E-state index in [0.717, 1.165) is 35.6 Å². The quantitative estimate of drug-likeness (QED) is 0.626. The largest absolute Gasteiger partial charge is 0.481 e. The molecule has 1 aliphatic heterocycles. The van der Waals surface area contributed by atoms with Gasteiger partial charge in [-0.3, -0.25) is 9.78 Å². The Morgan fingerprint density at radius 2 is 1.97 bits per heavy atom. The molecule has 0 aliphatic carbocycles. The van der Waals surface area contributed by atoms with Gasteiger partial charge >= 0.3 is 0 Å². The van der Waals surface area contributed by atoms with E-state index in [0.29, 0.717) is 19.0 Å². The number of carbonyl (C=O) groups is 1. The van der Waals surface area contributed by atoms with Gasteiger partial charge in [0, 0.05) is 36.1 Å². The third-order valence-electron chi connectivity index (χ3n) is 5.40. The second kappa shape index (κ2) is 9.72. The minimum absolute atomic E-state index is 0.0898. The molecule has 1 N–H and O–H groups in total. The van der Waals surface area contributed by atoms with Crippen molar-refractivity contribution in [2.45, 2.75) is 32.6 Å². The standard InChI is InChI=1S/C24H26FN5O2/c1-16-12-17(2)28-24(27-16)29-19-9-10-21(26-13-19)18-6-5-11-30(14-18)23(31)15-32-22-8-4-3-7-20(22)25/h3-4,7-10,12-13,18H,5-6,11,14-15H2,1-2H3,(H,27,28,29)/t18-/m1/s1. The van der Waals surface area contributed by atoms with E-state index >= 15 is 0 Å². The molecule has 1 fully saturated rings. The van der Waals surface area contributed by atoms with Crippen LogP contribution in [-0.2, 0) is 4.79 Å². The van der Waals surface area contributed by atoms with E-state index in [-0.39, 0.29) is 24.2 Å². The maximum absolute atomic E-state index is 13.7. The first-order chi connectivity index (χ1) is 15.5. The van der Waals surface area contributed by atoms with Gasteiger partial charge in [-0.2, -0.15) is 0 Å². The van der Waals surface area contributed by atoms with Crippen LogP contribution in [0, 0.1) is 19.7 Å². The summed E-state index contributed by atoms with van der Waals surface area (Å²) in [6.07, 6.45) is 3.60. The van der Waals surface area contributed by atoms with Gasteiger partial charge in [-0.05, 0) is 57.0 Å². The number of benzene rings is 1. The lowest BCUT2D eigenvalue weighted by Gasteiger charge is -2.32. The Morgan fingerprint density at radius 1 is 1.19 bits per heavy atom. The number of rotatable bonds is 6. The van der Waals surface area contributed by atoms with Crippen LogP contribution in [0.1, 0.15) is 35.8 Å². The number of aryl methyl sites for hydroxylation is 2. The van der Waals surface area contributed by atoms with Gasteiger partial charge in [0.15, 0.2) is 18.2 Å². The lowest BCUT2D eigenvalue weighted by Crippen LogP contribution is -2.41. The van der Waals surface area contributed by atoms with Crippen molar-refractivity contribution < 1.29 is 13.9 Å². The molecule has 1 saturated heterocycles. The molecule has 0 unspecified atom stereocenters. The Labute approximate surface area is 186 Å². The van der Waals surface area contributed by atoms with E-state index < -0.39 is 5.82 Å². The lowest BCUT2D eigenvalue weighted by atomic mass is 9.94. The van der Waals surface area contributed by atoms with Crippen molar-refractivity contribution in [1.82, 2.24) is 19.9 Å². The van der Waals surface area contributed by atoms with Crippen molar-refractivity contribution in [1.29, 1.82) is 0 Å². The Kier molecular flexibility index (Phi) is 6.58. The molecule has 1 aliphatic rings. The Bertz CT molecular complexity index is 1070. The van der Waals surface area contributed by atoms with Gasteiger partial charge in [0.1, 0.15) is 0 Å². The maximum atomic E-state index is 13.7. The maximum Gasteiger partial charge on any atom is 0.260 e. The highest BCUT2D eigenvalue weighted by molar-refractivity contribution is 5.78. The van der Waals surface area contributed by atoms with Crippen molar-refractivity contribution in [2.75, 3.05) is 25.0 Å². The molecule has 0 bridgehead atoms. The number of aromatic nitrogens is 3. The molecular weight excluding hydrogens is 409 g/mol. The first-order valence-electron chi connectivity index (χ1n) is 10.7. The van der Waals surface area contributed by atoms with Gasteiger partial charge in [-0.1, -0.05) is 12.1 Å². The first kappa shape index (κ1) is 21.7. The average molecular weight is 436 g/mol. The minimum Gasteiger partial charge on any atom is -0.481 e. The number of anilines is 2. The van der Waals surface area contributed by atoms with Gasteiger partial charge in [0.2, 0.25) is 5.95 Å². The van der Waals surface area contributed by atoms with Crippen LogP contribution in [0.3, 0.4) is 0 Å². The summed E-state index contributed by atoms with van der Waals surface area (Å²) in [6, 6.07) is 11.9. The second-order valence-electron chi connectivity index (χ2n) is 7.97. The molecule has 3 heterocycles. The average Bonchev–Trinajstić information content (AvgIpc) is 2.78. The zero-order valence-electron chi connectivity index (χ0n) is 18.2. The van der Waals surface area contributed by atoms with Gasteiger partial charge in [-0.15, -0.1) is 0 Å². The van der Waals surface area contributed by atoms with E-state index in [2.05, 4.69) is 20.3 Å². The summed E-state index contributed by atoms with van der Waals surface area (Å²) < 4.78 is 19.1. The summed E-state index contributed by atoms with van der Waals surface area (Å²) in [5, 5.41) is 3.18. The molecule has 1 aromatic carbocycles. The highest BCUT2D eigenvalue weighted by atomic mass is 19.1. The van der Waals surface area contributed by atoms with Crippen LogP contribution in [-0.4, -0.2) is 45.5 Å². The molecule has 2 aromatic heterocycles. The third-order valence-corrected chi connectivity index (χ3v) is 5.40. The topological polar surface area (TPSA) is 80.2 Å². The Balaban J connectivity index is 1.35. The summed E-state index contributed by atoms with van der Waals surface area (Å²) in [4.78, 5) is 27.8. The number of hydrogen-bond acceptors (Lipinski definition) is 6. The smallest absolute Gasteiger partial charge is 0.260 e. The van der Waals surface area contributed by atoms with Crippen LogP contribution in [0.2, 0.25) is 0 Å². The van der Waals surface area contributed by atoms with E-state index in [1.807, 2.05) is 32.0 Å². The van der Waals surface area contributed by atoms with E-state index in [1.165, 1.54) is 12.1 Å².